The molecular weight excluding hydrogens is 288 g/mol. The first kappa shape index (κ1) is 17.6. The molecule has 0 unspecified atom stereocenters. The molecule has 0 N–H and O–H groups in total. The third-order valence-electron chi connectivity index (χ3n) is 2.79. The number of rotatable bonds is 7. The lowest BCUT2D eigenvalue weighted by Crippen LogP contribution is -2.33. The van der Waals surface area contributed by atoms with Crippen molar-refractivity contribution in [2.45, 2.75) is 47.5 Å². The Kier molecular flexibility index (Phi) is 6.81. The van der Waals surface area contributed by atoms with Crippen molar-refractivity contribution in [3.8, 4) is 0 Å². The molecule has 0 saturated carbocycles. The van der Waals surface area contributed by atoms with Crippen LogP contribution in [0, 0.1) is 12.8 Å². The van der Waals surface area contributed by atoms with Gasteiger partial charge in [-0.2, -0.15) is 0 Å². The summed E-state index contributed by atoms with van der Waals surface area (Å²) in [5.74, 6) is 0.0163. The summed E-state index contributed by atoms with van der Waals surface area (Å²) < 4.78 is 5.02. The number of hydrogen-bond donors (Lipinski definition) is 0. The van der Waals surface area contributed by atoms with E-state index in [0.29, 0.717) is 41.2 Å². The van der Waals surface area contributed by atoms with E-state index in [1.54, 1.807) is 18.7 Å². The molecule has 1 aromatic heterocycles. The van der Waals surface area contributed by atoms with Crippen molar-refractivity contribution >= 4 is 28.3 Å². The van der Waals surface area contributed by atoms with Gasteiger partial charge in [0.1, 0.15) is 4.88 Å². The number of carbonyl (C=O) groups is 2. The van der Waals surface area contributed by atoms with E-state index in [-0.39, 0.29) is 11.9 Å². The quantitative estimate of drug-likeness (QED) is 0.724. The second-order valence-corrected chi connectivity index (χ2v) is 6.26. The number of hydrogen-bond acceptors (Lipinski definition) is 5. The third-order valence-corrected chi connectivity index (χ3v) is 3.95. The maximum Gasteiger partial charge on any atom is 0.350 e. The first-order valence-corrected chi connectivity index (χ1v) is 8.17. The van der Waals surface area contributed by atoms with Gasteiger partial charge in [-0.15, -0.1) is 0 Å². The Balaban J connectivity index is 3.05. The number of aromatic nitrogens is 1. The van der Waals surface area contributed by atoms with Crippen molar-refractivity contribution in [3.05, 3.63) is 10.6 Å². The van der Waals surface area contributed by atoms with Gasteiger partial charge >= 0.3 is 5.97 Å². The van der Waals surface area contributed by atoms with Crippen LogP contribution >= 0.6 is 11.3 Å². The van der Waals surface area contributed by atoms with Gasteiger partial charge in [0.2, 0.25) is 5.91 Å². The van der Waals surface area contributed by atoms with Gasteiger partial charge in [0.05, 0.1) is 12.3 Å². The fraction of sp³-hybridized carbons (Fsp3) is 0.667. The number of thiazole rings is 1. The van der Waals surface area contributed by atoms with Gasteiger partial charge in [0, 0.05) is 13.0 Å². The fourth-order valence-corrected chi connectivity index (χ4v) is 2.87. The van der Waals surface area contributed by atoms with Crippen LogP contribution in [0.5, 0.6) is 0 Å². The summed E-state index contributed by atoms with van der Waals surface area (Å²) in [4.78, 5) is 30.7. The SMILES string of the molecule is CCCC(=O)N(CC(C)C)c1nc(C)c(C(=O)OCC)s1. The molecule has 0 aliphatic rings. The monoisotopic (exact) mass is 312 g/mol. The zero-order valence-corrected chi connectivity index (χ0v) is 14.2. The summed E-state index contributed by atoms with van der Waals surface area (Å²) in [6, 6.07) is 0. The Hall–Kier alpha value is -1.43. The zero-order chi connectivity index (χ0) is 16.0. The highest BCUT2D eigenvalue weighted by molar-refractivity contribution is 7.17. The second kappa shape index (κ2) is 8.12. The Bertz CT molecular complexity index is 497. The van der Waals surface area contributed by atoms with Crippen LogP contribution in [0.3, 0.4) is 0 Å². The van der Waals surface area contributed by atoms with Gasteiger partial charge in [0.25, 0.3) is 0 Å². The van der Waals surface area contributed by atoms with Crippen LogP contribution in [0.2, 0.25) is 0 Å². The molecule has 0 bridgehead atoms. The summed E-state index contributed by atoms with van der Waals surface area (Å²) in [7, 11) is 0. The van der Waals surface area contributed by atoms with E-state index in [9.17, 15) is 9.59 Å². The normalized spacial score (nSPS) is 10.8. The molecule has 6 heteroatoms. The topological polar surface area (TPSA) is 59.5 Å². The van der Waals surface area contributed by atoms with Crippen LogP contribution in [-0.4, -0.2) is 30.0 Å². The van der Waals surface area contributed by atoms with Crippen LogP contribution in [-0.2, 0) is 9.53 Å². The Morgan fingerprint density at radius 2 is 2.00 bits per heavy atom. The van der Waals surface area contributed by atoms with Crippen molar-refractivity contribution < 1.29 is 14.3 Å². The van der Waals surface area contributed by atoms with E-state index >= 15 is 0 Å². The summed E-state index contributed by atoms with van der Waals surface area (Å²) in [5.41, 5.74) is 0.617. The summed E-state index contributed by atoms with van der Waals surface area (Å²) in [6.07, 6.45) is 1.28. The lowest BCUT2D eigenvalue weighted by Gasteiger charge is -2.21. The molecule has 0 aromatic carbocycles. The average Bonchev–Trinajstić information content (AvgIpc) is 2.78. The van der Waals surface area contributed by atoms with E-state index in [4.69, 9.17) is 4.74 Å². The molecule has 1 aromatic rings. The number of aryl methyl sites for hydroxylation is 1. The predicted octanol–water partition coefficient (Wildman–Crippen LogP) is 3.42. The van der Waals surface area contributed by atoms with Gasteiger partial charge < -0.3 is 4.74 Å². The highest BCUT2D eigenvalue weighted by Crippen LogP contribution is 2.28. The van der Waals surface area contributed by atoms with Gasteiger partial charge in [0.15, 0.2) is 5.13 Å². The van der Waals surface area contributed by atoms with Crippen LogP contribution < -0.4 is 4.90 Å². The van der Waals surface area contributed by atoms with Crippen molar-refractivity contribution in [2.75, 3.05) is 18.1 Å². The first-order valence-electron chi connectivity index (χ1n) is 7.35. The first-order chi connectivity index (χ1) is 9.90. The summed E-state index contributed by atoms with van der Waals surface area (Å²) >= 11 is 1.23. The van der Waals surface area contributed by atoms with E-state index < -0.39 is 0 Å². The molecule has 1 heterocycles. The van der Waals surface area contributed by atoms with E-state index in [2.05, 4.69) is 18.8 Å². The van der Waals surface area contributed by atoms with Crippen molar-refractivity contribution in [3.63, 3.8) is 0 Å². The van der Waals surface area contributed by atoms with Gasteiger partial charge in [-0.3, -0.25) is 9.69 Å². The average molecular weight is 312 g/mol. The number of carbonyl (C=O) groups excluding carboxylic acids is 2. The minimum atomic E-state index is -0.369. The Morgan fingerprint density at radius 1 is 1.33 bits per heavy atom. The van der Waals surface area contributed by atoms with Gasteiger partial charge in [-0.05, 0) is 26.2 Å². The molecule has 0 spiro atoms. The molecular formula is C15H24N2O3S. The Labute approximate surface area is 130 Å². The van der Waals surface area contributed by atoms with Crippen LogP contribution in [0.25, 0.3) is 0 Å². The molecule has 0 saturated heterocycles. The molecule has 0 fully saturated rings. The zero-order valence-electron chi connectivity index (χ0n) is 13.4. The van der Waals surface area contributed by atoms with Crippen LogP contribution in [0.1, 0.15) is 55.9 Å². The number of amides is 1. The third kappa shape index (κ3) is 4.81. The molecule has 21 heavy (non-hydrogen) atoms. The highest BCUT2D eigenvalue weighted by atomic mass is 32.1. The van der Waals surface area contributed by atoms with E-state index in [1.807, 2.05) is 6.92 Å². The van der Waals surface area contributed by atoms with E-state index in [1.165, 1.54) is 11.3 Å². The highest BCUT2D eigenvalue weighted by Gasteiger charge is 2.23. The van der Waals surface area contributed by atoms with E-state index in [0.717, 1.165) is 6.42 Å². The number of ether oxygens (including phenoxy) is 1. The molecule has 0 aliphatic heterocycles. The van der Waals surface area contributed by atoms with Gasteiger partial charge in [-0.25, -0.2) is 9.78 Å². The minimum absolute atomic E-state index is 0.0513. The largest absolute Gasteiger partial charge is 0.462 e. The number of esters is 1. The number of nitrogens with zero attached hydrogens (tertiary/aromatic N) is 2. The molecule has 1 rings (SSSR count). The summed E-state index contributed by atoms with van der Waals surface area (Å²) in [6.45, 7) is 10.6. The molecule has 0 aliphatic carbocycles. The lowest BCUT2D eigenvalue weighted by atomic mass is 10.2. The van der Waals surface area contributed by atoms with Crippen molar-refractivity contribution in [2.24, 2.45) is 5.92 Å². The standard InChI is InChI=1S/C15H24N2O3S/c1-6-8-12(18)17(9-10(3)4)15-16-11(5)13(21-15)14(19)20-7-2/h10H,6-9H2,1-5H3. The molecule has 118 valence electrons. The smallest absolute Gasteiger partial charge is 0.350 e. The molecule has 0 atom stereocenters. The van der Waals surface area contributed by atoms with Crippen LogP contribution in [0.4, 0.5) is 5.13 Å². The lowest BCUT2D eigenvalue weighted by molar-refractivity contribution is -0.118. The second-order valence-electron chi connectivity index (χ2n) is 5.28. The summed E-state index contributed by atoms with van der Waals surface area (Å²) in [5, 5.41) is 0.586. The molecule has 0 radical (unpaired) electrons. The minimum Gasteiger partial charge on any atom is -0.462 e. The predicted molar refractivity (Wildman–Crippen MR) is 84.9 cm³/mol. The number of anilines is 1. The van der Waals surface area contributed by atoms with Gasteiger partial charge in [-0.1, -0.05) is 32.1 Å². The van der Waals surface area contributed by atoms with Crippen molar-refractivity contribution in [1.29, 1.82) is 0 Å². The fourth-order valence-electron chi connectivity index (χ4n) is 1.88. The maximum atomic E-state index is 12.3. The maximum absolute atomic E-state index is 12.3. The molecule has 1 amide bonds. The molecule has 5 nitrogen and oxygen atoms in total. The van der Waals surface area contributed by atoms with Crippen LogP contribution in [0.15, 0.2) is 0 Å². The van der Waals surface area contributed by atoms with Crippen molar-refractivity contribution in [1.82, 2.24) is 4.98 Å². The Morgan fingerprint density at radius 3 is 2.52 bits per heavy atom.